The average Bonchev–Trinajstić information content (AvgIpc) is 2.96. The lowest BCUT2D eigenvalue weighted by molar-refractivity contribution is 0.0990. The van der Waals surface area contributed by atoms with Crippen molar-refractivity contribution in [2.24, 2.45) is 0 Å². The van der Waals surface area contributed by atoms with Gasteiger partial charge in [-0.1, -0.05) is 12.2 Å². The van der Waals surface area contributed by atoms with Crippen LogP contribution >= 0.6 is 18.5 Å². The van der Waals surface area contributed by atoms with Crippen LogP contribution < -0.4 is 27.8 Å². The first-order chi connectivity index (χ1) is 15.6. The highest BCUT2D eigenvalue weighted by Gasteiger charge is 2.40. The van der Waals surface area contributed by atoms with Gasteiger partial charge in [0.2, 0.25) is 5.78 Å². The molecule has 9 heteroatoms. The molecule has 0 radical (unpaired) electrons. The third kappa shape index (κ3) is 2.89. The van der Waals surface area contributed by atoms with Gasteiger partial charge >= 0.3 is 0 Å². The summed E-state index contributed by atoms with van der Waals surface area (Å²) >= 11 is 0. The Morgan fingerprint density at radius 3 is 1.73 bits per heavy atom. The number of aromatic hydroxyl groups is 2. The minimum Gasteiger partial charge on any atom is -0.505 e. The molecule has 5 rings (SSSR count). The Balaban J connectivity index is 1.72. The lowest BCUT2D eigenvalue weighted by Gasteiger charge is -2.22. The van der Waals surface area contributed by atoms with Gasteiger partial charge in [0.1, 0.15) is 0 Å². The minimum atomic E-state index is -0.637. The zero-order chi connectivity index (χ0) is 23.8. The van der Waals surface area contributed by atoms with Crippen LogP contribution in [0.25, 0.3) is 17.2 Å². The molecular weight excluding hydrogens is 456 g/mol. The second kappa shape index (κ2) is 7.44. The monoisotopic (exact) mass is 479 g/mol. The van der Waals surface area contributed by atoms with Crippen LogP contribution in [-0.4, -0.2) is 21.8 Å². The highest BCUT2D eigenvalue weighted by Crippen LogP contribution is 2.45. The van der Waals surface area contributed by atoms with E-state index in [4.69, 9.17) is 17.2 Å². The van der Waals surface area contributed by atoms with E-state index in [-0.39, 0.29) is 45.3 Å². The number of rotatable bonds is 3. The highest BCUT2D eigenvalue weighted by atomic mass is 31.0. The van der Waals surface area contributed by atoms with Gasteiger partial charge in [-0.25, -0.2) is 0 Å². The first-order valence-electron chi connectivity index (χ1n) is 10.5. The lowest BCUT2D eigenvalue weighted by atomic mass is 9.88. The molecule has 2 aromatic carbocycles. The maximum atomic E-state index is 13.4. The van der Waals surface area contributed by atoms with Gasteiger partial charge in [0.05, 0.1) is 28.2 Å². The number of Topliss-reactive ketones (excluding diaryl/α,β-unsaturated/α-hetero) is 2. The molecule has 2 aromatic rings. The second-order valence-corrected chi connectivity index (χ2v) is 9.59. The van der Waals surface area contributed by atoms with E-state index in [9.17, 15) is 19.8 Å². The number of ketones is 2. The van der Waals surface area contributed by atoms with E-state index in [1.54, 1.807) is 0 Å². The zero-order valence-electron chi connectivity index (χ0n) is 17.7. The first-order valence-corrected chi connectivity index (χ1v) is 11.6. The van der Waals surface area contributed by atoms with Crippen molar-refractivity contribution in [3.05, 3.63) is 45.5 Å². The Morgan fingerprint density at radius 2 is 1.21 bits per heavy atom. The van der Waals surface area contributed by atoms with Gasteiger partial charge in [0.15, 0.2) is 17.3 Å². The van der Waals surface area contributed by atoms with Crippen molar-refractivity contribution in [3.63, 3.8) is 0 Å². The van der Waals surface area contributed by atoms with Crippen LogP contribution in [0.2, 0.25) is 0 Å². The number of nitrogens with two attached hydrogens (primary N) is 3. The van der Waals surface area contributed by atoms with Crippen LogP contribution in [-0.2, 0) is 0 Å². The van der Waals surface area contributed by atoms with Crippen molar-refractivity contribution >= 4 is 74.9 Å². The Morgan fingerprint density at radius 1 is 0.727 bits per heavy atom. The Bertz CT molecular complexity index is 1420. The summed E-state index contributed by atoms with van der Waals surface area (Å²) in [6.07, 6.45) is 8.74. The number of hydrogen-bond acceptors (Lipinski definition) is 7. The van der Waals surface area contributed by atoms with E-state index >= 15 is 0 Å². The first kappa shape index (κ1) is 21.7. The molecular formula is C24H23N3O4P2. The van der Waals surface area contributed by atoms with Crippen LogP contribution in [0.15, 0.2) is 17.7 Å². The molecule has 0 fully saturated rings. The molecule has 0 bridgehead atoms. The Hall–Kier alpha value is -3.14. The number of carbonyl (C=O) groups is 2. The van der Waals surface area contributed by atoms with E-state index in [0.29, 0.717) is 27.3 Å². The van der Waals surface area contributed by atoms with Gasteiger partial charge in [-0.05, 0) is 53.5 Å². The summed E-state index contributed by atoms with van der Waals surface area (Å²) in [5, 5.41) is 22.4. The van der Waals surface area contributed by atoms with Crippen molar-refractivity contribution in [2.45, 2.75) is 25.7 Å². The number of benzene rings is 2. The van der Waals surface area contributed by atoms with E-state index < -0.39 is 11.6 Å². The smallest absolute Gasteiger partial charge is 0.201 e. The van der Waals surface area contributed by atoms with Crippen molar-refractivity contribution in [1.29, 1.82) is 0 Å². The normalized spacial score (nSPS) is 18.1. The molecule has 0 amide bonds. The molecule has 3 aliphatic rings. The summed E-state index contributed by atoms with van der Waals surface area (Å²) in [5.41, 5.74) is 22.0. The zero-order valence-corrected chi connectivity index (χ0v) is 20.0. The lowest BCUT2D eigenvalue weighted by Crippen LogP contribution is -2.17. The quantitative estimate of drug-likeness (QED) is 0.149. The predicted octanol–water partition coefficient (Wildman–Crippen LogP) is 2.66. The largest absolute Gasteiger partial charge is 0.505 e. The summed E-state index contributed by atoms with van der Waals surface area (Å²) in [6.45, 7) is 0. The number of allylic oxidation sites excluding steroid dienone is 5. The molecule has 0 aliphatic heterocycles. The molecule has 0 aromatic heterocycles. The molecule has 0 spiro atoms. The molecule has 7 nitrogen and oxygen atoms in total. The molecule has 168 valence electrons. The van der Waals surface area contributed by atoms with Crippen molar-refractivity contribution in [2.75, 3.05) is 17.2 Å². The number of nitrogen functional groups attached to an aromatic ring is 3. The number of fused-ring (bicyclic) bond motifs is 1. The van der Waals surface area contributed by atoms with E-state index in [0.717, 1.165) is 36.8 Å². The minimum absolute atomic E-state index is 0.0274. The second-order valence-electron chi connectivity index (χ2n) is 8.43. The number of phenols is 2. The number of hydrogen-bond donors (Lipinski definition) is 5. The van der Waals surface area contributed by atoms with Gasteiger partial charge in [-0.3, -0.25) is 9.59 Å². The third-order valence-electron chi connectivity index (χ3n) is 6.66. The van der Waals surface area contributed by atoms with Crippen molar-refractivity contribution in [3.8, 4) is 11.5 Å². The molecule has 2 atom stereocenters. The van der Waals surface area contributed by atoms with Gasteiger partial charge in [-0.15, -0.1) is 18.5 Å². The maximum Gasteiger partial charge on any atom is 0.201 e. The molecule has 33 heavy (non-hydrogen) atoms. The van der Waals surface area contributed by atoms with Crippen molar-refractivity contribution in [1.82, 2.24) is 0 Å². The number of carbonyl (C=O) groups excluding carboxylic acids is 2. The molecule has 0 saturated carbocycles. The summed E-state index contributed by atoms with van der Waals surface area (Å²) in [5.74, 6) is -1.84. The van der Waals surface area contributed by atoms with Crippen molar-refractivity contribution < 1.29 is 19.8 Å². The summed E-state index contributed by atoms with van der Waals surface area (Å²) < 4.78 is 0. The van der Waals surface area contributed by atoms with E-state index in [1.165, 1.54) is 6.08 Å². The van der Waals surface area contributed by atoms with Gasteiger partial charge in [-0.2, -0.15) is 0 Å². The standard InChI is InChI=1S/C24H23N3O4P2/c25-16-10(23(32)12(8-3-1-4-8)18(27)22(16)31)7-11-19(28)14-15(20(11)29)24(33)13(9-5-2-6-9)17(26)21(14)30/h3,5,7,30-31H,1-2,4,6,25-27,32-33H2/b11-7+. The summed E-state index contributed by atoms with van der Waals surface area (Å²) in [6, 6.07) is 0. The third-order valence-corrected chi connectivity index (χ3v) is 7.84. The van der Waals surface area contributed by atoms with Gasteiger partial charge in [0, 0.05) is 22.3 Å². The van der Waals surface area contributed by atoms with E-state index in [2.05, 4.69) is 18.5 Å². The van der Waals surface area contributed by atoms with Gasteiger partial charge < -0.3 is 27.4 Å². The van der Waals surface area contributed by atoms with E-state index in [1.807, 2.05) is 12.2 Å². The van der Waals surface area contributed by atoms with Gasteiger partial charge in [0.25, 0.3) is 0 Å². The average molecular weight is 479 g/mol. The Kier molecular flexibility index (Phi) is 4.89. The topological polar surface area (TPSA) is 153 Å². The predicted molar refractivity (Wildman–Crippen MR) is 139 cm³/mol. The fourth-order valence-corrected chi connectivity index (χ4v) is 5.77. The molecule has 8 N–H and O–H groups in total. The van der Waals surface area contributed by atoms with Crippen LogP contribution in [0, 0.1) is 0 Å². The maximum absolute atomic E-state index is 13.4. The fourth-order valence-electron chi connectivity index (χ4n) is 4.58. The van der Waals surface area contributed by atoms with Crippen LogP contribution in [0.5, 0.6) is 11.5 Å². The number of anilines is 3. The van der Waals surface area contributed by atoms with Crippen LogP contribution in [0.3, 0.4) is 0 Å². The van der Waals surface area contributed by atoms with Crippen LogP contribution in [0.4, 0.5) is 17.1 Å². The number of phenolic OH excluding ortho intramolecular Hbond substituents is 2. The fraction of sp³-hybridized carbons (Fsp3) is 0.167. The highest BCUT2D eigenvalue weighted by molar-refractivity contribution is 7.28. The SMILES string of the molecule is Nc1c(O)c(N)c(C2=CCC2)c(P)c1/C=C1\C(=O)c2c(O)c(N)c(C3=CCC3)c(P)c2C1=O. The molecule has 2 unspecified atom stereocenters. The van der Waals surface area contributed by atoms with Crippen LogP contribution in [0.1, 0.15) is 63.1 Å². The summed E-state index contributed by atoms with van der Waals surface area (Å²) in [7, 11) is 5.05. The molecule has 0 heterocycles. The molecule has 3 aliphatic carbocycles. The summed E-state index contributed by atoms with van der Waals surface area (Å²) in [4.78, 5) is 26.7. The molecule has 0 saturated heterocycles. The Labute approximate surface area is 194 Å².